The van der Waals surface area contributed by atoms with Crippen LogP contribution < -0.4 is 21.3 Å². The van der Waals surface area contributed by atoms with Crippen LogP contribution in [0.15, 0.2) is 72.9 Å². The maximum Gasteiger partial charge on any atom is 0.416 e. The number of urea groups is 1. The van der Waals surface area contributed by atoms with Crippen LogP contribution in [0.1, 0.15) is 16.8 Å². The van der Waals surface area contributed by atoms with Crippen molar-refractivity contribution >= 4 is 63.6 Å². The van der Waals surface area contributed by atoms with Crippen molar-refractivity contribution in [2.45, 2.75) is 6.18 Å². The molecule has 3 amide bonds. The summed E-state index contributed by atoms with van der Waals surface area (Å²) in [6.45, 7) is 0. The van der Waals surface area contributed by atoms with Crippen LogP contribution in [0.4, 0.5) is 50.8 Å². The minimum absolute atomic E-state index is 0.122. The van der Waals surface area contributed by atoms with Crippen molar-refractivity contribution in [1.29, 1.82) is 0 Å². The van der Waals surface area contributed by atoms with E-state index in [9.17, 15) is 27.2 Å². The van der Waals surface area contributed by atoms with Crippen LogP contribution in [-0.2, 0) is 11.0 Å². The number of amides is 3. The van der Waals surface area contributed by atoms with Gasteiger partial charge in [0.1, 0.15) is 5.82 Å². The van der Waals surface area contributed by atoms with Gasteiger partial charge in [-0.1, -0.05) is 17.7 Å². The highest BCUT2D eigenvalue weighted by Crippen LogP contribution is 2.36. The third-order valence-corrected chi connectivity index (χ3v) is 6.10. The van der Waals surface area contributed by atoms with Crippen LogP contribution in [0.5, 0.6) is 0 Å². The molecule has 0 saturated heterocycles. The molecule has 0 radical (unpaired) electrons. The predicted molar refractivity (Wildman–Crippen MR) is 143 cm³/mol. The fourth-order valence-electron chi connectivity index (χ4n) is 3.94. The molecule has 12 heteroatoms. The summed E-state index contributed by atoms with van der Waals surface area (Å²) in [6, 6.07) is 14.2. The predicted octanol–water partition coefficient (Wildman–Crippen LogP) is 7.71. The van der Waals surface area contributed by atoms with Gasteiger partial charge in [-0.2, -0.15) is 13.2 Å². The molecule has 4 aromatic rings. The van der Waals surface area contributed by atoms with Crippen LogP contribution in [0.2, 0.25) is 5.02 Å². The van der Waals surface area contributed by atoms with Gasteiger partial charge in [-0.25, -0.2) is 9.18 Å². The first-order valence-corrected chi connectivity index (χ1v) is 11.8. The molecular weight excluding hydrogens is 538 g/mol. The maximum absolute atomic E-state index is 14.4. The Labute approximate surface area is 223 Å². The van der Waals surface area contributed by atoms with Gasteiger partial charge < -0.3 is 26.3 Å². The summed E-state index contributed by atoms with van der Waals surface area (Å²) in [5.41, 5.74) is 2.03. The van der Waals surface area contributed by atoms with E-state index in [1.54, 1.807) is 30.5 Å². The Balaban J connectivity index is 1.31. The first-order valence-electron chi connectivity index (χ1n) is 11.4. The topological polar surface area (TPSA) is 98.1 Å². The highest BCUT2D eigenvalue weighted by molar-refractivity contribution is 6.35. The summed E-state index contributed by atoms with van der Waals surface area (Å²) >= 11 is 5.91. The Hall–Kier alpha value is -4.77. The molecule has 0 atom stereocenters. The van der Waals surface area contributed by atoms with Crippen LogP contribution in [0, 0.1) is 5.82 Å². The third kappa shape index (κ3) is 5.73. The first kappa shape index (κ1) is 25.9. The summed E-state index contributed by atoms with van der Waals surface area (Å²) in [5.74, 6) is -1.02. The molecule has 5 N–H and O–H groups in total. The summed E-state index contributed by atoms with van der Waals surface area (Å²) in [4.78, 5) is 27.9. The largest absolute Gasteiger partial charge is 0.416 e. The minimum atomic E-state index is -4.63. The molecule has 0 unspecified atom stereocenters. The Morgan fingerprint density at radius 2 is 1.67 bits per heavy atom. The number of H-pyrrole nitrogens is 1. The number of rotatable bonds is 5. The van der Waals surface area contributed by atoms with Crippen molar-refractivity contribution in [2.24, 2.45) is 0 Å². The molecule has 7 nitrogen and oxygen atoms in total. The lowest BCUT2D eigenvalue weighted by molar-refractivity contribution is -0.137. The van der Waals surface area contributed by atoms with Crippen molar-refractivity contribution in [1.82, 2.24) is 4.98 Å². The molecule has 1 aromatic heterocycles. The van der Waals surface area contributed by atoms with Crippen molar-refractivity contribution in [3.8, 4) is 0 Å². The minimum Gasteiger partial charge on any atom is -0.362 e. The molecule has 0 aliphatic carbocycles. The lowest BCUT2D eigenvalue weighted by atomic mass is 10.1. The maximum atomic E-state index is 14.4. The SMILES string of the molecule is O=C(Nc1cc(Nc2ccc3c(c2)NC(=O)C3=Cc2ccc[nH]2)ccc1F)Nc1cc(C(F)(F)F)ccc1Cl. The number of benzene rings is 3. The quantitative estimate of drug-likeness (QED) is 0.129. The summed E-state index contributed by atoms with van der Waals surface area (Å²) < 4.78 is 53.4. The number of alkyl halides is 3. The molecule has 3 aromatic carbocycles. The van der Waals surface area contributed by atoms with E-state index in [0.717, 1.165) is 23.9 Å². The smallest absolute Gasteiger partial charge is 0.362 e. The molecule has 0 bridgehead atoms. The average Bonchev–Trinajstić information content (AvgIpc) is 3.49. The van der Waals surface area contributed by atoms with E-state index in [2.05, 4.69) is 26.3 Å². The van der Waals surface area contributed by atoms with Gasteiger partial charge in [0.2, 0.25) is 0 Å². The number of hydrogen-bond donors (Lipinski definition) is 5. The lowest BCUT2D eigenvalue weighted by Crippen LogP contribution is -2.21. The molecule has 1 aliphatic rings. The fraction of sp³-hybridized carbons (Fsp3) is 0.0370. The highest BCUT2D eigenvalue weighted by atomic mass is 35.5. The monoisotopic (exact) mass is 555 g/mol. The lowest BCUT2D eigenvalue weighted by Gasteiger charge is -2.14. The van der Waals surface area contributed by atoms with Crippen molar-refractivity contribution in [3.63, 3.8) is 0 Å². The van der Waals surface area contributed by atoms with Crippen molar-refractivity contribution < 1.29 is 27.2 Å². The molecule has 5 rings (SSSR count). The summed E-state index contributed by atoms with van der Waals surface area (Å²) in [6.07, 6.45) is -1.14. The third-order valence-electron chi connectivity index (χ3n) is 5.77. The van der Waals surface area contributed by atoms with E-state index in [1.807, 2.05) is 12.1 Å². The van der Waals surface area contributed by atoms with Gasteiger partial charge in [0.15, 0.2) is 0 Å². The van der Waals surface area contributed by atoms with E-state index in [-0.39, 0.29) is 22.3 Å². The Morgan fingerprint density at radius 3 is 2.41 bits per heavy atom. The molecule has 39 heavy (non-hydrogen) atoms. The second-order valence-electron chi connectivity index (χ2n) is 8.49. The van der Waals surface area contributed by atoms with Gasteiger partial charge >= 0.3 is 12.2 Å². The number of fused-ring (bicyclic) bond motifs is 1. The fourth-order valence-corrected chi connectivity index (χ4v) is 4.11. The number of aromatic amines is 1. The molecule has 0 saturated carbocycles. The van der Waals surface area contributed by atoms with Crippen LogP contribution in [0.25, 0.3) is 11.6 Å². The Morgan fingerprint density at radius 1 is 0.923 bits per heavy atom. The first-order chi connectivity index (χ1) is 18.6. The van der Waals surface area contributed by atoms with Crippen molar-refractivity contribution in [2.75, 3.05) is 21.3 Å². The molecule has 0 fully saturated rings. The van der Waals surface area contributed by atoms with Gasteiger partial charge in [0.05, 0.1) is 33.2 Å². The van der Waals surface area contributed by atoms with Crippen LogP contribution in [0.3, 0.4) is 0 Å². The standard InChI is InChI=1S/C27H18ClF4N5O2/c28-20-7-3-14(27(30,31)32)10-23(20)36-26(39)37-24-13-17(5-8-21(24)29)34-16-4-6-18-19(11-15-2-1-9-33-15)25(38)35-22(18)12-16/h1-13,33-34H,(H,35,38)(H2,36,37,39). The molecule has 2 heterocycles. The number of carbonyl (C=O) groups is 2. The Bertz CT molecular complexity index is 1620. The number of hydrogen-bond acceptors (Lipinski definition) is 3. The zero-order valence-electron chi connectivity index (χ0n) is 19.7. The summed E-state index contributed by atoms with van der Waals surface area (Å²) in [5, 5.41) is 10.2. The molecule has 0 spiro atoms. The van der Waals surface area contributed by atoms with Crippen molar-refractivity contribution in [3.05, 3.63) is 101 Å². The zero-order valence-corrected chi connectivity index (χ0v) is 20.5. The number of carbonyl (C=O) groups excluding carboxylic acids is 2. The summed E-state index contributed by atoms with van der Waals surface area (Å²) in [7, 11) is 0. The number of aromatic nitrogens is 1. The van der Waals surface area contributed by atoms with E-state index in [4.69, 9.17) is 11.6 Å². The van der Waals surface area contributed by atoms with Gasteiger partial charge in [0, 0.05) is 28.8 Å². The van der Waals surface area contributed by atoms with E-state index in [1.165, 1.54) is 12.1 Å². The molecular formula is C27H18ClF4N5O2. The highest BCUT2D eigenvalue weighted by Gasteiger charge is 2.31. The number of halogens is 5. The Kier molecular flexibility index (Phi) is 6.75. The normalized spacial score (nSPS) is 13.7. The van der Waals surface area contributed by atoms with E-state index < -0.39 is 23.6 Å². The van der Waals surface area contributed by atoms with E-state index >= 15 is 0 Å². The number of anilines is 5. The van der Waals surface area contributed by atoms with Crippen LogP contribution >= 0.6 is 11.6 Å². The molecule has 1 aliphatic heterocycles. The van der Waals surface area contributed by atoms with Gasteiger partial charge in [-0.15, -0.1) is 0 Å². The molecule has 198 valence electrons. The second kappa shape index (κ2) is 10.2. The van der Waals surface area contributed by atoms with Crippen LogP contribution in [-0.4, -0.2) is 16.9 Å². The number of nitrogens with one attached hydrogen (secondary N) is 5. The zero-order chi connectivity index (χ0) is 27.7. The van der Waals surface area contributed by atoms with Gasteiger partial charge in [0.25, 0.3) is 5.91 Å². The second-order valence-corrected chi connectivity index (χ2v) is 8.90. The van der Waals surface area contributed by atoms with Gasteiger partial charge in [-0.05, 0) is 66.7 Å². The van der Waals surface area contributed by atoms with Gasteiger partial charge in [-0.3, -0.25) is 4.79 Å². The van der Waals surface area contributed by atoms with E-state index in [0.29, 0.717) is 34.3 Å². The average molecular weight is 556 g/mol.